The van der Waals surface area contributed by atoms with Gasteiger partial charge in [0.05, 0.1) is 6.54 Å². The monoisotopic (exact) mass is 310 g/mol. The molecular formula is C16H26N2O4. The summed E-state index contributed by atoms with van der Waals surface area (Å²) in [6, 6.07) is 0. The van der Waals surface area contributed by atoms with Gasteiger partial charge in [0.15, 0.2) is 0 Å². The second-order valence-corrected chi connectivity index (χ2v) is 6.63. The molecule has 3 N–H and O–H groups in total. The van der Waals surface area contributed by atoms with E-state index in [9.17, 15) is 19.5 Å². The van der Waals surface area contributed by atoms with E-state index < -0.39 is 17.4 Å². The summed E-state index contributed by atoms with van der Waals surface area (Å²) < 4.78 is 0. The van der Waals surface area contributed by atoms with Crippen LogP contribution in [0.2, 0.25) is 0 Å². The average molecular weight is 310 g/mol. The fraction of sp³-hybridized carbons (Fsp3) is 0.812. The highest BCUT2D eigenvalue weighted by atomic mass is 16.4. The first-order valence-electron chi connectivity index (χ1n) is 8.33. The molecule has 0 atom stereocenters. The van der Waals surface area contributed by atoms with Gasteiger partial charge in [-0.2, -0.15) is 0 Å². The van der Waals surface area contributed by atoms with Gasteiger partial charge in [-0.1, -0.05) is 32.1 Å². The predicted molar refractivity (Wildman–Crippen MR) is 81.2 cm³/mol. The van der Waals surface area contributed by atoms with E-state index in [-0.39, 0.29) is 12.5 Å². The average Bonchev–Trinajstić information content (AvgIpc) is 2.96. The van der Waals surface area contributed by atoms with Crippen LogP contribution in [0.25, 0.3) is 0 Å². The number of hydrogen-bond acceptors (Lipinski definition) is 3. The molecule has 2 aliphatic carbocycles. The maximum atomic E-state index is 11.9. The fourth-order valence-corrected chi connectivity index (χ4v) is 3.59. The molecule has 0 heterocycles. The Morgan fingerprint density at radius 3 is 2.18 bits per heavy atom. The molecule has 2 aliphatic rings. The molecule has 0 spiro atoms. The second kappa shape index (κ2) is 7.61. The molecule has 124 valence electrons. The Morgan fingerprint density at radius 2 is 1.59 bits per heavy atom. The van der Waals surface area contributed by atoms with Crippen molar-refractivity contribution < 1.29 is 19.5 Å². The number of carbonyl (C=O) groups excluding carboxylic acids is 2. The van der Waals surface area contributed by atoms with Gasteiger partial charge in [0.1, 0.15) is 5.54 Å². The first-order valence-corrected chi connectivity index (χ1v) is 8.33. The van der Waals surface area contributed by atoms with Gasteiger partial charge in [0.2, 0.25) is 11.8 Å². The van der Waals surface area contributed by atoms with Crippen molar-refractivity contribution in [1.82, 2.24) is 10.6 Å². The lowest BCUT2D eigenvalue weighted by Gasteiger charge is -2.25. The van der Waals surface area contributed by atoms with Crippen LogP contribution in [0.5, 0.6) is 0 Å². The Kier molecular flexibility index (Phi) is 5.80. The summed E-state index contributed by atoms with van der Waals surface area (Å²) in [5, 5.41) is 14.5. The maximum absolute atomic E-state index is 11.9. The standard InChI is InChI=1S/C16H26N2O4/c19-13(10-12-6-2-1-3-7-12)17-11-14(20)18-16(15(21)22)8-4-5-9-16/h12H,1-11H2,(H,17,19)(H,18,20)(H,21,22). The van der Waals surface area contributed by atoms with Crippen molar-refractivity contribution in [2.24, 2.45) is 5.92 Å². The number of hydrogen-bond donors (Lipinski definition) is 3. The van der Waals surface area contributed by atoms with E-state index in [2.05, 4.69) is 10.6 Å². The van der Waals surface area contributed by atoms with Gasteiger partial charge >= 0.3 is 5.97 Å². The van der Waals surface area contributed by atoms with Gasteiger partial charge in [0, 0.05) is 6.42 Å². The molecule has 0 aromatic heterocycles. The summed E-state index contributed by atoms with van der Waals surface area (Å²) in [5.41, 5.74) is -1.13. The van der Waals surface area contributed by atoms with E-state index in [1.165, 1.54) is 19.3 Å². The highest BCUT2D eigenvalue weighted by Crippen LogP contribution is 2.29. The van der Waals surface area contributed by atoms with Crippen LogP contribution in [0.3, 0.4) is 0 Å². The molecule has 0 bridgehead atoms. The van der Waals surface area contributed by atoms with Crippen LogP contribution in [0, 0.1) is 5.92 Å². The number of amides is 2. The van der Waals surface area contributed by atoms with Gasteiger partial charge in [-0.05, 0) is 31.6 Å². The quantitative estimate of drug-likeness (QED) is 0.694. The SMILES string of the molecule is O=C(CC1CCCCC1)NCC(=O)NC1(C(=O)O)CCCC1. The molecule has 2 fully saturated rings. The minimum Gasteiger partial charge on any atom is -0.480 e. The lowest BCUT2D eigenvalue weighted by Crippen LogP contribution is -2.54. The Bertz CT molecular complexity index is 424. The normalized spacial score (nSPS) is 21.3. The van der Waals surface area contributed by atoms with Gasteiger partial charge in [-0.3, -0.25) is 9.59 Å². The lowest BCUT2D eigenvalue weighted by molar-refractivity contribution is -0.147. The van der Waals surface area contributed by atoms with Crippen LogP contribution in [-0.4, -0.2) is 35.0 Å². The van der Waals surface area contributed by atoms with Gasteiger partial charge in [-0.25, -0.2) is 4.79 Å². The van der Waals surface area contributed by atoms with E-state index in [4.69, 9.17) is 0 Å². The zero-order valence-electron chi connectivity index (χ0n) is 13.0. The third-order valence-corrected chi connectivity index (χ3v) is 4.89. The molecule has 2 amide bonds. The van der Waals surface area contributed by atoms with Gasteiger partial charge < -0.3 is 15.7 Å². The summed E-state index contributed by atoms with van der Waals surface area (Å²) in [6.45, 7) is -0.138. The molecular weight excluding hydrogens is 284 g/mol. The van der Waals surface area contributed by atoms with Crippen LogP contribution < -0.4 is 10.6 Å². The van der Waals surface area contributed by atoms with Crippen molar-refractivity contribution in [3.8, 4) is 0 Å². The van der Waals surface area contributed by atoms with E-state index in [1.807, 2.05) is 0 Å². The molecule has 6 heteroatoms. The molecule has 6 nitrogen and oxygen atoms in total. The van der Waals surface area contributed by atoms with Crippen LogP contribution in [-0.2, 0) is 14.4 Å². The molecule has 2 rings (SSSR count). The fourth-order valence-electron chi connectivity index (χ4n) is 3.59. The third kappa shape index (κ3) is 4.45. The zero-order chi connectivity index (χ0) is 16.0. The topological polar surface area (TPSA) is 95.5 Å². The number of carbonyl (C=O) groups is 3. The summed E-state index contributed by atoms with van der Waals surface area (Å²) in [4.78, 5) is 35.1. The third-order valence-electron chi connectivity index (χ3n) is 4.89. The molecule has 0 radical (unpaired) electrons. The van der Waals surface area contributed by atoms with Gasteiger partial charge in [0.25, 0.3) is 0 Å². The van der Waals surface area contributed by atoms with Crippen LogP contribution in [0.4, 0.5) is 0 Å². The zero-order valence-corrected chi connectivity index (χ0v) is 13.0. The molecule has 0 aromatic rings. The predicted octanol–water partition coefficient (Wildman–Crippen LogP) is 1.59. The largest absolute Gasteiger partial charge is 0.480 e. The van der Waals surface area contributed by atoms with Crippen LogP contribution in [0.15, 0.2) is 0 Å². The summed E-state index contributed by atoms with van der Waals surface area (Å²) in [5.74, 6) is -1.08. The number of aliphatic carboxylic acids is 1. The minimum absolute atomic E-state index is 0.113. The Hall–Kier alpha value is -1.59. The maximum Gasteiger partial charge on any atom is 0.329 e. The van der Waals surface area contributed by atoms with E-state index >= 15 is 0 Å². The Morgan fingerprint density at radius 1 is 0.955 bits per heavy atom. The van der Waals surface area contributed by atoms with E-state index in [0.717, 1.165) is 25.7 Å². The first-order chi connectivity index (χ1) is 10.5. The van der Waals surface area contributed by atoms with Crippen molar-refractivity contribution in [3.63, 3.8) is 0 Å². The highest BCUT2D eigenvalue weighted by Gasteiger charge is 2.42. The molecule has 2 saturated carbocycles. The van der Waals surface area contributed by atoms with Crippen molar-refractivity contribution in [2.75, 3.05) is 6.54 Å². The summed E-state index contributed by atoms with van der Waals surface area (Å²) in [6.07, 6.45) is 8.78. The second-order valence-electron chi connectivity index (χ2n) is 6.63. The molecule has 0 aromatic carbocycles. The molecule has 0 unspecified atom stereocenters. The minimum atomic E-state index is -1.13. The number of carboxylic acids is 1. The summed E-state index contributed by atoms with van der Waals surface area (Å²) >= 11 is 0. The Balaban J connectivity index is 1.72. The van der Waals surface area contributed by atoms with Gasteiger partial charge in [-0.15, -0.1) is 0 Å². The van der Waals surface area contributed by atoms with Crippen molar-refractivity contribution >= 4 is 17.8 Å². The number of rotatable bonds is 6. The summed E-state index contributed by atoms with van der Waals surface area (Å²) in [7, 11) is 0. The van der Waals surface area contributed by atoms with E-state index in [1.54, 1.807) is 0 Å². The molecule has 0 aliphatic heterocycles. The smallest absolute Gasteiger partial charge is 0.329 e. The number of nitrogens with one attached hydrogen (secondary N) is 2. The molecule has 0 saturated heterocycles. The highest BCUT2D eigenvalue weighted by molar-refractivity contribution is 5.90. The van der Waals surface area contributed by atoms with Crippen molar-refractivity contribution in [2.45, 2.75) is 69.7 Å². The Labute approximate surface area is 131 Å². The van der Waals surface area contributed by atoms with Crippen molar-refractivity contribution in [1.29, 1.82) is 0 Å². The van der Waals surface area contributed by atoms with Crippen LogP contribution >= 0.6 is 0 Å². The van der Waals surface area contributed by atoms with Crippen molar-refractivity contribution in [3.05, 3.63) is 0 Å². The first kappa shape index (κ1) is 16.8. The lowest BCUT2D eigenvalue weighted by atomic mass is 9.87. The molecule has 22 heavy (non-hydrogen) atoms. The number of carboxylic acid groups (broad SMARTS) is 1. The van der Waals surface area contributed by atoms with E-state index in [0.29, 0.717) is 25.2 Å². The van der Waals surface area contributed by atoms with Crippen LogP contribution in [0.1, 0.15) is 64.2 Å².